The topological polar surface area (TPSA) is 35.5 Å². The lowest BCUT2D eigenvalue weighted by molar-refractivity contribution is 0.0984. The highest BCUT2D eigenvalue weighted by Crippen LogP contribution is 1.98. The summed E-state index contributed by atoms with van der Waals surface area (Å²) in [6.07, 6.45) is -0.248. The molecule has 0 aliphatic carbocycles. The Morgan fingerprint density at radius 3 is 2.31 bits per heavy atom. The van der Waals surface area contributed by atoms with E-state index in [4.69, 9.17) is 0 Å². The molecule has 0 bridgehead atoms. The minimum atomic E-state index is -0.248. The summed E-state index contributed by atoms with van der Waals surface area (Å²) in [6, 6.07) is 0.515. The summed E-state index contributed by atoms with van der Waals surface area (Å²) >= 11 is 0. The van der Waals surface area contributed by atoms with Crippen molar-refractivity contribution in [3.8, 4) is 0 Å². The van der Waals surface area contributed by atoms with Crippen LogP contribution in [0.25, 0.3) is 0 Å². The highest BCUT2D eigenvalue weighted by molar-refractivity contribution is 4.68. The fraction of sp³-hybridized carbons (Fsp3) is 1.00. The van der Waals surface area contributed by atoms with Gasteiger partial charge in [0.25, 0.3) is 0 Å². The predicted octanol–water partition coefficient (Wildman–Crippen LogP) is 0.687. The second kappa shape index (κ2) is 7.30. The largest absolute Gasteiger partial charge is 0.390 e. The SMILES string of the molecule is CCNCC(O)CN(CC)C(C)C. The third kappa shape index (κ3) is 6.02. The molecule has 0 aromatic carbocycles. The highest BCUT2D eigenvalue weighted by Gasteiger charge is 2.11. The first kappa shape index (κ1) is 12.9. The van der Waals surface area contributed by atoms with Crippen LogP contribution < -0.4 is 5.32 Å². The Morgan fingerprint density at radius 2 is 1.92 bits per heavy atom. The average Bonchev–Trinajstić information content (AvgIpc) is 2.10. The minimum Gasteiger partial charge on any atom is -0.390 e. The number of aliphatic hydroxyl groups is 1. The third-order valence-corrected chi connectivity index (χ3v) is 2.21. The number of nitrogens with zero attached hydrogens (tertiary/aromatic N) is 1. The van der Waals surface area contributed by atoms with Gasteiger partial charge in [-0.2, -0.15) is 0 Å². The van der Waals surface area contributed by atoms with Crippen molar-refractivity contribution in [3.05, 3.63) is 0 Å². The molecule has 0 saturated carbocycles. The molecule has 3 heteroatoms. The number of aliphatic hydroxyl groups excluding tert-OH is 1. The molecule has 0 spiro atoms. The summed E-state index contributed by atoms with van der Waals surface area (Å²) in [4.78, 5) is 2.27. The Bertz CT molecular complexity index is 117. The molecular formula is C10H24N2O. The van der Waals surface area contributed by atoms with Crippen molar-refractivity contribution < 1.29 is 5.11 Å². The van der Waals surface area contributed by atoms with Gasteiger partial charge in [-0.1, -0.05) is 13.8 Å². The van der Waals surface area contributed by atoms with E-state index in [1.54, 1.807) is 0 Å². The number of rotatable bonds is 7. The van der Waals surface area contributed by atoms with Crippen molar-refractivity contribution in [1.82, 2.24) is 10.2 Å². The van der Waals surface area contributed by atoms with Crippen LogP contribution in [0.5, 0.6) is 0 Å². The van der Waals surface area contributed by atoms with E-state index < -0.39 is 0 Å². The Labute approximate surface area is 82.1 Å². The monoisotopic (exact) mass is 188 g/mol. The molecule has 0 amide bonds. The van der Waals surface area contributed by atoms with Crippen LogP contribution >= 0.6 is 0 Å². The van der Waals surface area contributed by atoms with Crippen molar-refractivity contribution >= 4 is 0 Å². The molecule has 13 heavy (non-hydrogen) atoms. The van der Waals surface area contributed by atoms with E-state index >= 15 is 0 Å². The van der Waals surface area contributed by atoms with Crippen LogP contribution in [0.2, 0.25) is 0 Å². The first-order chi connectivity index (χ1) is 6.11. The fourth-order valence-corrected chi connectivity index (χ4v) is 1.35. The van der Waals surface area contributed by atoms with E-state index in [1.165, 1.54) is 0 Å². The lowest BCUT2D eigenvalue weighted by atomic mass is 10.2. The van der Waals surface area contributed by atoms with Gasteiger partial charge < -0.3 is 10.4 Å². The molecule has 2 N–H and O–H groups in total. The zero-order chi connectivity index (χ0) is 10.3. The zero-order valence-corrected chi connectivity index (χ0v) is 9.38. The van der Waals surface area contributed by atoms with E-state index in [2.05, 4.69) is 31.0 Å². The van der Waals surface area contributed by atoms with Crippen molar-refractivity contribution in [2.45, 2.75) is 39.8 Å². The van der Waals surface area contributed by atoms with Crippen LogP contribution in [0.3, 0.4) is 0 Å². The number of hydrogen-bond acceptors (Lipinski definition) is 3. The summed E-state index contributed by atoms with van der Waals surface area (Å²) < 4.78 is 0. The molecule has 0 aliphatic rings. The maximum atomic E-state index is 9.63. The molecule has 3 nitrogen and oxygen atoms in total. The van der Waals surface area contributed by atoms with Crippen LogP contribution in [0.4, 0.5) is 0 Å². The molecule has 0 saturated heterocycles. The average molecular weight is 188 g/mol. The fourth-order valence-electron chi connectivity index (χ4n) is 1.35. The summed E-state index contributed by atoms with van der Waals surface area (Å²) in [7, 11) is 0. The molecular weight excluding hydrogens is 164 g/mol. The van der Waals surface area contributed by atoms with Crippen LogP contribution in [0.15, 0.2) is 0 Å². The zero-order valence-electron chi connectivity index (χ0n) is 9.38. The Hall–Kier alpha value is -0.120. The molecule has 0 radical (unpaired) electrons. The lowest BCUT2D eigenvalue weighted by Gasteiger charge is -2.27. The summed E-state index contributed by atoms with van der Waals surface area (Å²) in [5, 5.41) is 12.8. The Kier molecular flexibility index (Phi) is 7.23. The van der Waals surface area contributed by atoms with E-state index in [0.717, 1.165) is 19.6 Å². The molecule has 0 rings (SSSR count). The first-order valence-corrected chi connectivity index (χ1v) is 5.24. The van der Waals surface area contributed by atoms with Gasteiger partial charge in [-0.15, -0.1) is 0 Å². The standard InChI is InChI=1S/C10H24N2O/c1-5-11-7-10(13)8-12(6-2)9(3)4/h9-11,13H,5-8H2,1-4H3. The molecule has 1 atom stereocenters. The van der Waals surface area contributed by atoms with Gasteiger partial charge in [0.2, 0.25) is 0 Å². The second-order valence-electron chi connectivity index (χ2n) is 3.64. The minimum absolute atomic E-state index is 0.248. The predicted molar refractivity (Wildman–Crippen MR) is 56.9 cm³/mol. The van der Waals surface area contributed by atoms with Crippen LogP contribution in [-0.2, 0) is 0 Å². The van der Waals surface area contributed by atoms with Gasteiger partial charge in [0.05, 0.1) is 6.10 Å². The van der Waals surface area contributed by atoms with Gasteiger partial charge in [-0.3, -0.25) is 4.90 Å². The Morgan fingerprint density at radius 1 is 1.31 bits per heavy atom. The quantitative estimate of drug-likeness (QED) is 0.617. The van der Waals surface area contributed by atoms with Gasteiger partial charge >= 0.3 is 0 Å². The van der Waals surface area contributed by atoms with E-state index in [0.29, 0.717) is 12.6 Å². The van der Waals surface area contributed by atoms with Crippen molar-refractivity contribution in [3.63, 3.8) is 0 Å². The maximum absolute atomic E-state index is 9.63. The van der Waals surface area contributed by atoms with Crippen LogP contribution in [0, 0.1) is 0 Å². The van der Waals surface area contributed by atoms with E-state index in [1.807, 2.05) is 6.92 Å². The normalized spacial score (nSPS) is 14.1. The van der Waals surface area contributed by atoms with Gasteiger partial charge in [-0.05, 0) is 26.9 Å². The van der Waals surface area contributed by atoms with Crippen molar-refractivity contribution in [2.24, 2.45) is 0 Å². The molecule has 1 unspecified atom stereocenters. The first-order valence-electron chi connectivity index (χ1n) is 5.24. The smallest absolute Gasteiger partial charge is 0.0791 e. The van der Waals surface area contributed by atoms with Crippen molar-refractivity contribution in [1.29, 1.82) is 0 Å². The summed E-state index contributed by atoms with van der Waals surface area (Å²) in [5.74, 6) is 0. The summed E-state index contributed by atoms with van der Waals surface area (Å²) in [5.41, 5.74) is 0. The Balaban J connectivity index is 3.66. The number of likely N-dealkylation sites (N-methyl/N-ethyl adjacent to an activating group) is 2. The van der Waals surface area contributed by atoms with Crippen LogP contribution in [0.1, 0.15) is 27.7 Å². The molecule has 0 heterocycles. The summed E-state index contributed by atoms with van der Waals surface area (Å²) in [6.45, 7) is 11.9. The van der Waals surface area contributed by atoms with E-state index in [-0.39, 0.29) is 6.10 Å². The lowest BCUT2D eigenvalue weighted by Crippen LogP contribution is -2.41. The van der Waals surface area contributed by atoms with Crippen molar-refractivity contribution in [2.75, 3.05) is 26.2 Å². The van der Waals surface area contributed by atoms with Gasteiger partial charge in [0.1, 0.15) is 0 Å². The molecule has 0 fully saturated rings. The van der Waals surface area contributed by atoms with Gasteiger partial charge in [0, 0.05) is 19.1 Å². The van der Waals surface area contributed by atoms with Gasteiger partial charge in [-0.25, -0.2) is 0 Å². The second-order valence-corrected chi connectivity index (χ2v) is 3.64. The van der Waals surface area contributed by atoms with E-state index in [9.17, 15) is 5.11 Å². The molecule has 80 valence electrons. The number of nitrogens with one attached hydrogen (secondary N) is 1. The van der Waals surface area contributed by atoms with Gasteiger partial charge in [0.15, 0.2) is 0 Å². The number of hydrogen-bond donors (Lipinski definition) is 2. The highest BCUT2D eigenvalue weighted by atomic mass is 16.3. The van der Waals surface area contributed by atoms with Crippen LogP contribution in [-0.4, -0.2) is 48.3 Å². The molecule has 0 aromatic rings. The third-order valence-electron chi connectivity index (χ3n) is 2.21. The molecule has 0 aromatic heterocycles. The molecule has 0 aliphatic heterocycles. The maximum Gasteiger partial charge on any atom is 0.0791 e.